The number of rotatable bonds is 4. The lowest BCUT2D eigenvalue weighted by Crippen LogP contribution is -2.35. The summed E-state index contributed by atoms with van der Waals surface area (Å²) >= 11 is 3.42. The van der Waals surface area contributed by atoms with Crippen molar-refractivity contribution in [1.82, 2.24) is 5.32 Å². The van der Waals surface area contributed by atoms with E-state index in [1.165, 1.54) is 0 Å². The van der Waals surface area contributed by atoms with Crippen molar-refractivity contribution in [3.05, 3.63) is 94.0 Å². The molecule has 4 rings (SSSR count). The topological polar surface area (TPSA) is 61.4 Å². The van der Waals surface area contributed by atoms with Gasteiger partial charge in [-0.1, -0.05) is 42.5 Å². The molecule has 30 heavy (non-hydrogen) atoms. The van der Waals surface area contributed by atoms with Crippen molar-refractivity contribution >= 4 is 39.2 Å². The van der Waals surface area contributed by atoms with E-state index in [1.54, 1.807) is 0 Å². The molecule has 0 fully saturated rings. The second kappa shape index (κ2) is 8.71. The van der Waals surface area contributed by atoms with E-state index in [9.17, 15) is 9.59 Å². The number of amides is 3. The van der Waals surface area contributed by atoms with E-state index in [0.29, 0.717) is 17.8 Å². The normalized spacial score (nSPS) is 14.9. The molecule has 3 aromatic rings. The third-order valence-corrected chi connectivity index (χ3v) is 5.87. The highest BCUT2D eigenvalue weighted by molar-refractivity contribution is 9.10. The van der Waals surface area contributed by atoms with Gasteiger partial charge in [0.25, 0.3) is 5.91 Å². The van der Waals surface area contributed by atoms with Crippen molar-refractivity contribution in [2.45, 2.75) is 25.9 Å². The summed E-state index contributed by atoms with van der Waals surface area (Å²) in [5.74, 6) is -0.00127. The number of nitrogens with one attached hydrogen (secondary N) is 2. The van der Waals surface area contributed by atoms with E-state index in [4.69, 9.17) is 0 Å². The minimum absolute atomic E-state index is 0.00127. The number of para-hydroxylation sites is 1. The maximum atomic E-state index is 13.1. The standard InChI is InChI=1S/C24H22BrN3O2/c1-16-13-19-12-11-17(15-26-24(30)27-21-10-6-5-9-20(21)25)14-22(19)28(16)23(29)18-7-3-2-4-8-18/h2-12,14,16H,13,15H2,1H3,(H2,26,27,30). The lowest BCUT2D eigenvalue weighted by atomic mass is 10.1. The molecule has 6 heteroatoms. The molecule has 1 aliphatic heterocycles. The number of hydrogen-bond acceptors (Lipinski definition) is 2. The zero-order valence-corrected chi connectivity index (χ0v) is 18.1. The van der Waals surface area contributed by atoms with Gasteiger partial charge in [0.2, 0.25) is 0 Å². The van der Waals surface area contributed by atoms with Crippen LogP contribution in [0, 0.1) is 0 Å². The van der Waals surface area contributed by atoms with E-state index >= 15 is 0 Å². The Hall–Kier alpha value is -3.12. The molecule has 152 valence electrons. The fraction of sp³-hybridized carbons (Fsp3) is 0.167. The number of anilines is 2. The van der Waals surface area contributed by atoms with Gasteiger partial charge in [0.1, 0.15) is 0 Å². The minimum Gasteiger partial charge on any atom is -0.334 e. The highest BCUT2D eigenvalue weighted by atomic mass is 79.9. The first kappa shape index (κ1) is 20.2. The molecule has 0 saturated heterocycles. The number of fused-ring (bicyclic) bond motifs is 1. The van der Waals surface area contributed by atoms with Gasteiger partial charge in [0.15, 0.2) is 0 Å². The van der Waals surface area contributed by atoms with Crippen molar-refractivity contribution in [3.8, 4) is 0 Å². The quantitative estimate of drug-likeness (QED) is 0.546. The monoisotopic (exact) mass is 463 g/mol. The van der Waals surface area contributed by atoms with E-state index < -0.39 is 0 Å². The summed E-state index contributed by atoms with van der Waals surface area (Å²) in [6, 6.07) is 22.6. The Morgan fingerprint density at radius 3 is 2.53 bits per heavy atom. The van der Waals surface area contributed by atoms with Crippen LogP contribution >= 0.6 is 15.9 Å². The SMILES string of the molecule is CC1Cc2ccc(CNC(=O)Nc3ccccc3Br)cc2N1C(=O)c1ccccc1. The molecule has 0 aromatic heterocycles. The van der Waals surface area contributed by atoms with Gasteiger partial charge in [-0.05, 0) is 70.7 Å². The lowest BCUT2D eigenvalue weighted by molar-refractivity contribution is 0.0981. The predicted molar refractivity (Wildman–Crippen MR) is 123 cm³/mol. The van der Waals surface area contributed by atoms with Crippen LogP contribution in [-0.4, -0.2) is 18.0 Å². The number of carbonyl (C=O) groups is 2. The molecule has 1 heterocycles. The van der Waals surface area contributed by atoms with Crippen LogP contribution in [0.2, 0.25) is 0 Å². The Morgan fingerprint density at radius 2 is 1.77 bits per heavy atom. The third-order valence-electron chi connectivity index (χ3n) is 5.18. The van der Waals surface area contributed by atoms with Gasteiger partial charge in [-0.2, -0.15) is 0 Å². The highest BCUT2D eigenvalue weighted by Crippen LogP contribution is 2.34. The van der Waals surface area contributed by atoms with Crippen LogP contribution in [0.1, 0.15) is 28.4 Å². The predicted octanol–water partition coefficient (Wildman–Crippen LogP) is 5.36. The van der Waals surface area contributed by atoms with Gasteiger partial charge in [-0.25, -0.2) is 4.79 Å². The first-order chi connectivity index (χ1) is 14.5. The summed E-state index contributed by atoms with van der Waals surface area (Å²) in [4.78, 5) is 27.2. The van der Waals surface area contributed by atoms with Crippen molar-refractivity contribution in [1.29, 1.82) is 0 Å². The Labute approximate surface area is 184 Å². The number of nitrogens with zero attached hydrogens (tertiary/aromatic N) is 1. The Balaban J connectivity index is 1.47. The first-order valence-electron chi connectivity index (χ1n) is 9.82. The second-order valence-electron chi connectivity index (χ2n) is 7.34. The van der Waals surface area contributed by atoms with E-state index in [0.717, 1.165) is 27.7 Å². The number of benzene rings is 3. The maximum absolute atomic E-state index is 13.1. The van der Waals surface area contributed by atoms with Gasteiger partial charge < -0.3 is 15.5 Å². The van der Waals surface area contributed by atoms with Crippen LogP contribution in [0.25, 0.3) is 0 Å². The summed E-state index contributed by atoms with van der Waals surface area (Å²) in [7, 11) is 0. The van der Waals surface area contributed by atoms with Gasteiger partial charge in [0.05, 0.1) is 5.69 Å². The fourth-order valence-electron chi connectivity index (χ4n) is 3.70. The van der Waals surface area contributed by atoms with Gasteiger partial charge >= 0.3 is 6.03 Å². The summed E-state index contributed by atoms with van der Waals surface area (Å²) < 4.78 is 0.821. The molecule has 0 aliphatic carbocycles. The summed E-state index contributed by atoms with van der Waals surface area (Å²) in [5.41, 5.74) is 4.39. The Kier molecular flexibility index (Phi) is 5.86. The molecule has 3 amide bonds. The van der Waals surface area contributed by atoms with Gasteiger partial charge in [-0.3, -0.25) is 4.79 Å². The molecule has 0 radical (unpaired) electrons. The molecule has 2 N–H and O–H groups in total. The average Bonchev–Trinajstić information content (AvgIpc) is 3.09. The van der Waals surface area contributed by atoms with E-state index in [2.05, 4.69) is 33.5 Å². The molecule has 3 aromatic carbocycles. The number of hydrogen-bond donors (Lipinski definition) is 2. The first-order valence-corrected chi connectivity index (χ1v) is 10.6. The van der Waals surface area contributed by atoms with Crippen LogP contribution in [0.5, 0.6) is 0 Å². The Morgan fingerprint density at radius 1 is 1.03 bits per heavy atom. The molecule has 5 nitrogen and oxygen atoms in total. The van der Waals surface area contributed by atoms with Crippen LogP contribution < -0.4 is 15.5 Å². The van der Waals surface area contributed by atoms with Crippen molar-refractivity contribution in [3.63, 3.8) is 0 Å². The zero-order chi connectivity index (χ0) is 21.1. The van der Waals surface area contributed by atoms with Crippen LogP contribution in [0.15, 0.2) is 77.3 Å². The number of halogens is 1. The average molecular weight is 464 g/mol. The molecular formula is C24H22BrN3O2. The molecule has 1 unspecified atom stereocenters. The van der Waals surface area contributed by atoms with Crippen LogP contribution in [0.4, 0.5) is 16.2 Å². The smallest absolute Gasteiger partial charge is 0.319 e. The highest BCUT2D eigenvalue weighted by Gasteiger charge is 2.31. The largest absolute Gasteiger partial charge is 0.334 e. The van der Waals surface area contributed by atoms with Crippen LogP contribution in [0.3, 0.4) is 0 Å². The van der Waals surface area contributed by atoms with Crippen molar-refractivity contribution < 1.29 is 9.59 Å². The van der Waals surface area contributed by atoms with Crippen molar-refractivity contribution in [2.75, 3.05) is 10.2 Å². The molecule has 0 bridgehead atoms. The second-order valence-corrected chi connectivity index (χ2v) is 8.20. The molecule has 0 spiro atoms. The molecule has 1 atom stereocenters. The molecule has 1 aliphatic rings. The van der Waals surface area contributed by atoms with Gasteiger partial charge in [0, 0.05) is 28.3 Å². The minimum atomic E-state index is -0.284. The number of carbonyl (C=O) groups excluding carboxylic acids is 2. The summed E-state index contributed by atoms with van der Waals surface area (Å²) in [5, 5.41) is 5.71. The fourth-order valence-corrected chi connectivity index (χ4v) is 4.09. The maximum Gasteiger partial charge on any atom is 0.319 e. The van der Waals surface area contributed by atoms with Crippen LogP contribution in [-0.2, 0) is 13.0 Å². The van der Waals surface area contributed by atoms with Gasteiger partial charge in [-0.15, -0.1) is 0 Å². The zero-order valence-electron chi connectivity index (χ0n) is 16.6. The van der Waals surface area contributed by atoms with E-state index in [1.807, 2.05) is 77.7 Å². The summed E-state index contributed by atoms with van der Waals surface area (Å²) in [6.07, 6.45) is 0.824. The van der Waals surface area contributed by atoms with E-state index in [-0.39, 0.29) is 18.0 Å². The Bertz CT molecular complexity index is 1080. The molecular weight excluding hydrogens is 442 g/mol. The third kappa shape index (κ3) is 4.24. The summed E-state index contributed by atoms with van der Waals surface area (Å²) in [6.45, 7) is 2.43. The molecule has 0 saturated carbocycles. The van der Waals surface area contributed by atoms with Crippen molar-refractivity contribution in [2.24, 2.45) is 0 Å². The number of urea groups is 1. The lowest BCUT2D eigenvalue weighted by Gasteiger charge is -2.23.